The van der Waals surface area contributed by atoms with E-state index in [2.05, 4.69) is 24.0 Å². The molecule has 0 aliphatic carbocycles. The number of para-hydroxylation sites is 1. The maximum Gasteiger partial charge on any atom is 0.200 e. The lowest BCUT2D eigenvalue weighted by Crippen LogP contribution is -2.33. The molecule has 0 saturated heterocycles. The fourth-order valence-electron chi connectivity index (χ4n) is 2.05. The summed E-state index contributed by atoms with van der Waals surface area (Å²) in [6, 6.07) is 16.0. The molecule has 0 spiro atoms. The Hall–Kier alpha value is -2.00. The molecule has 0 atom stereocenters. The molecular formula is C17H20ClN3. The van der Waals surface area contributed by atoms with Gasteiger partial charge in [-0.1, -0.05) is 37.3 Å². The number of aryl methyl sites for hydroxylation is 1. The van der Waals surface area contributed by atoms with Crippen LogP contribution in [0.25, 0.3) is 0 Å². The number of guanidine groups is 1. The number of hydrogen-bond donors (Lipinski definition) is 1. The highest BCUT2D eigenvalue weighted by atomic mass is 35.5. The fraction of sp³-hybridized carbons (Fsp3) is 0.235. The van der Waals surface area contributed by atoms with Crippen LogP contribution in [0, 0.1) is 0 Å². The number of aliphatic imine (C=N–C) groups is 1. The summed E-state index contributed by atoms with van der Waals surface area (Å²) in [5, 5.41) is 0. The summed E-state index contributed by atoms with van der Waals surface area (Å²) in [7, 11) is 1.91. The topological polar surface area (TPSA) is 41.6 Å². The number of nitrogens with zero attached hydrogens (tertiary/aromatic N) is 2. The van der Waals surface area contributed by atoms with E-state index in [1.165, 1.54) is 5.56 Å². The van der Waals surface area contributed by atoms with Crippen LogP contribution in [0.15, 0.2) is 53.5 Å². The van der Waals surface area contributed by atoms with Gasteiger partial charge >= 0.3 is 0 Å². The Balaban J connectivity index is 2.29. The Morgan fingerprint density at radius 1 is 1.19 bits per heavy atom. The van der Waals surface area contributed by atoms with Crippen LogP contribution in [0.5, 0.6) is 0 Å². The SMILES string of the molecule is CCc1cccc(N(C)C(N)=Nc2ccccc2CCl)c1. The number of nitrogens with two attached hydrogens (primary N) is 1. The molecule has 3 nitrogen and oxygen atoms in total. The van der Waals surface area contributed by atoms with Crippen LogP contribution in [0.1, 0.15) is 18.1 Å². The zero-order valence-corrected chi connectivity index (χ0v) is 13.1. The van der Waals surface area contributed by atoms with Crippen LogP contribution in [-0.4, -0.2) is 13.0 Å². The maximum absolute atomic E-state index is 6.13. The smallest absolute Gasteiger partial charge is 0.200 e. The third-order valence-corrected chi connectivity index (χ3v) is 3.71. The summed E-state index contributed by atoms with van der Waals surface area (Å²) < 4.78 is 0. The average molecular weight is 302 g/mol. The second-order valence-corrected chi connectivity index (χ2v) is 5.08. The van der Waals surface area contributed by atoms with Crippen molar-refractivity contribution in [3.8, 4) is 0 Å². The molecule has 21 heavy (non-hydrogen) atoms. The molecule has 0 heterocycles. The molecule has 0 radical (unpaired) electrons. The lowest BCUT2D eigenvalue weighted by molar-refractivity contribution is 1.13. The summed E-state index contributed by atoms with van der Waals surface area (Å²) in [4.78, 5) is 6.38. The maximum atomic E-state index is 6.13. The normalized spacial score (nSPS) is 11.5. The van der Waals surface area contributed by atoms with Gasteiger partial charge in [0.15, 0.2) is 0 Å². The first-order valence-electron chi connectivity index (χ1n) is 6.96. The zero-order valence-electron chi connectivity index (χ0n) is 12.4. The highest BCUT2D eigenvalue weighted by molar-refractivity contribution is 6.17. The van der Waals surface area contributed by atoms with Crippen molar-refractivity contribution >= 4 is 28.9 Å². The van der Waals surface area contributed by atoms with Crippen LogP contribution in [0.4, 0.5) is 11.4 Å². The number of hydrogen-bond acceptors (Lipinski definition) is 1. The molecular weight excluding hydrogens is 282 g/mol. The molecule has 2 aromatic rings. The lowest BCUT2D eigenvalue weighted by Gasteiger charge is -2.19. The number of benzene rings is 2. The molecule has 2 aromatic carbocycles. The zero-order chi connectivity index (χ0) is 15.2. The fourth-order valence-corrected chi connectivity index (χ4v) is 2.27. The molecule has 2 rings (SSSR count). The standard InChI is InChI=1S/C17H20ClN3/c1-3-13-7-6-9-15(11-13)21(2)17(19)20-16-10-5-4-8-14(16)12-18/h4-11H,3,12H2,1-2H3,(H2,19,20). The Labute approximate surface area is 131 Å². The molecule has 0 aliphatic rings. The van der Waals surface area contributed by atoms with E-state index in [0.717, 1.165) is 23.4 Å². The molecule has 4 heteroatoms. The molecule has 0 aromatic heterocycles. The van der Waals surface area contributed by atoms with E-state index in [1.807, 2.05) is 48.3 Å². The molecule has 0 saturated carbocycles. The quantitative estimate of drug-likeness (QED) is 0.525. The monoisotopic (exact) mass is 301 g/mol. The van der Waals surface area contributed by atoms with E-state index in [0.29, 0.717) is 11.8 Å². The average Bonchev–Trinajstić information content (AvgIpc) is 2.54. The molecule has 2 N–H and O–H groups in total. The molecule has 0 unspecified atom stereocenters. The number of alkyl halides is 1. The van der Waals surface area contributed by atoms with E-state index in [1.54, 1.807) is 0 Å². The van der Waals surface area contributed by atoms with Crippen molar-refractivity contribution in [3.63, 3.8) is 0 Å². The van der Waals surface area contributed by atoms with E-state index in [9.17, 15) is 0 Å². The summed E-state index contributed by atoms with van der Waals surface area (Å²) >= 11 is 5.93. The van der Waals surface area contributed by atoms with Gasteiger partial charge in [0.1, 0.15) is 0 Å². The van der Waals surface area contributed by atoms with Gasteiger partial charge in [-0.2, -0.15) is 0 Å². The number of halogens is 1. The predicted octanol–water partition coefficient (Wildman–Crippen LogP) is 4.07. The van der Waals surface area contributed by atoms with Gasteiger partial charge < -0.3 is 10.6 Å². The summed E-state index contributed by atoms with van der Waals surface area (Å²) in [6.07, 6.45) is 0.994. The van der Waals surface area contributed by atoms with Crippen molar-refractivity contribution in [1.82, 2.24) is 0 Å². The van der Waals surface area contributed by atoms with Crippen LogP contribution in [-0.2, 0) is 12.3 Å². The largest absolute Gasteiger partial charge is 0.369 e. The van der Waals surface area contributed by atoms with E-state index in [4.69, 9.17) is 17.3 Å². The van der Waals surface area contributed by atoms with Crippen molar-refractivity contribution in [2.24, 2.45) is 10.7 Å². The summed E-state index contributed by atoms with van der Waals surface area (Å²) in [5.41, 5.74) is 10.2. The van der Waals surface area contributed by atoms with Crippen LogP contribution in [0.2, 0.25) is 0 Å². The third kappa shape index (κ3) is 3.76. The van der Waals surface area contributed by atoms with Gasteiger partial charge in [-0.15, -0.1) is 11.6 Å². The molecule has 0 fully saturated rings. The highest BCUT2D eigenvalue weighted by Gasteiger charge is 2.07. The van der Waals surface area contributed by atoms with Gasteiger partial charge in [0.2, 0.25) is 5.96 Å². The Bertz CT molecular complexity index is 637. The number of anilines is 1. The predicted molar refractivity (Wildman–Crippen MR) is 91.5 cm³/mol. The first kappa shape index (κ1) is 15.4. The second kappa shape index (κ2) is 7.14. The van der Waals surface area contributed by atoms with E-state index < -0.39 is 0 Å². The van der Waals surface area contributed by atoms with Gasteiger partial charge in [-0.25, -0.2) is 4.99 Å². The minimum atomic E-state index is 0.419. The van der Waals surface area contributed by atoms with Crippen molar-refractivity contribution in [1.29, 1.82) is 0 Å². The minimum Gasteiger partial charge on any atom is -0.369 e. The van der Waals surface area contributed by atoms with Crippen molar-refractivity contribution in [2.45, 2.75) is 19.2 Å². The van der Waals surface area contributed by atoms with Gasteiger partial charge in [-0.3, -0.25) is 0 Å². The van der Waals surface area contributed by atoms with Gasteiger partial charge in [-0.05, 0) is 35.7 Å². The van der Waals surface area contributed by atoms with Gasteiger partial charge in [0.05, 0.1) is 5.69 Å². The van der Waals surface area contributed by atoms with Crippen LogP contribution >= 0.6 is 11.6 Å². The van der Waals surface area contributed by atoms with Crippen molar-refractivity contribution in [2.75, 3.05) is 11.9 Å². The lowest BCUT2D eigenvalue weighted by atomic mass is 10.1. The van der Waals surface area contributed by atoms with Crippen molar-refractivity contribution in [3.05, 3.63) is 59.7 Å². The van der Waals surface area contributed by atoms with Crippen LogP contribution in [0.3, 0.4) is 0 Å². The third-order valence-electron chi connectivity index (χ3n) is 3.42. The van der Waals surface area contributed by atoms with E-state index >= 15 is 0 Å². The minimum absolute atomic E-state index is 0.419. The van der Waals surface area contributed by atoms with E-state index in [-0.39, 0.29) is 0 Å². The Kier molecular flexibility index (Phi) is 5.23. The van der Waals surface area contributed by atoms with Crippen LogP contribution < -0.4 is 10.6 Å². The highest BCUT2D eigenvalue weighted by Crippen LogP contribution is 2.22. The van der Waals surface area contributed by atoms with Crippen molar-refractivity contribution < 1.29 is 0 Å². The van der Waals surface area contributed by atoms with Gasteiger partial charge in [0.25, 0.3) is 0 Å². The summed E-state index contributed by atoms with van der Waals surface area (Å²) in [6.45, 7) is 2.13. The first-order chi connectivity index (χ1) is 10.2. The Morgan fingerprint density at radius 3 is 2.67 bits per heavy atom. The summed E-state index contributed by atoms with van der Waals surface area (Å²) in [5.74, 6) is 0.864. The first-order valence-corrected chi connectivity index (χ1v) is 7.50. The van der Waals surface area contributed by atoms with Gasteiger partial charge in [0, 0.05) is 18.6 Å². The number of rotatable bonds is 4. The Morgan fingerprint density at radius 2 is 1.95 bits per heavy atom. The molecule has 0 aliphatic heterocycles. The second-order valence-electron chi connectivity index (χ2n) is 4.81. The molecule has 0 bridgehead atoms. The molecule has 0 amide bonds. The molecule has 110 valence electrons.